The van der Waals surface area contributed by atoms with Gasteiger partial charge in [-0.3, -0.25) is 0 Å². The van der Waals surface area contributed by atoms with E-state index in [1.54, 1.807) is 12.4 Å². The molecule has 4 nitrogen and oxygen atoms in total. The summed E-state index contributed by atoms with van der Waals surface area (Å²) in [6.45, 7) is 3.00. The Morgan fingerprint density at radius 2 is 2.25 bits per heavy atom. The van der Waals surface area contributed by atoms with E-state index in [4.69, 9.17) is 17.3 Å². The lowest BCUT2D eigenvalue weighted by molar-refractivity contribution is 0.683. The van der Waals surface area contributed by atoms with Crippen LogP contribution < -0.4 is 5.73 Å². The monoisotopic (exact) mass is 236 g/mol. The Kier molecular flexibility index (Phi) is 3.10. The van der Waals surface area contributed by atoms with E-state index in [-0.39, 0.29) is 0 Å². The molecule has 16 heavy (non-hydrogen) atoms. The zero-order chi connectivity index (χ0) is 11.5. The van der Waals surface area contributed by atoms with Crippen LogP contribution in [0.4, 0.5) is 5.69 Å². The average molecular weight is 237 g/mol. The summed E-state index contributed by atoms with van der Waals surface area (Å²) in [4.78, 5) is 0. The van der Waals surface area contributed by atoms with Crippen molar-refractivity contribution in [2.24, 2.45) is 0 Å². The highest BCUT2D eigenvalue weighted by molar-refractivity contribution is 6.33. The van der Waals surface area contributed by atoms with E-state index < -0.39 is 0 Å². The van der Waals surface area contributed by atoms with Gasteiger partial charge < -0.3 is 10.3 Å². The van der Waals surface area contributed by atoms with Crippen LogP contribution in [0, 0.1) is 0 Å². The standard InChI is InChI=1S/C11H13ClN4/c1-2-5-16-7-14-15-11(16)8-3-4-9(12)10(13)6-8/h3-4,6-7H,2,5,13H2,1H3. The molecule has 0 aliphatic rings. The Morgan fingerprint density at radius 1 is 1.44 bits per heavy atom. The molecule has 5 heteroatoms. The van der Waals surface area contributed by atoms with Crippen molar-refractivity contribution in [3.05, 3.63) is 29.5 Å². The number of benzene rings is 1. The number of halogens is 1. The molecule has 2 N–H and O–H groups in total. The number of aromatic nitrogens is 3. The summed E-state index contributed by atoms with van der Waals surface area (Å²) in [5.41, 5.74) is 7.26. The maximum absolute atomic E-state index is 5.88. The van der Waals surface area contributed by atoms with Crippen molar-refractivity contribution in [3.8, 4) is 11.4 Å². The summed E-state index contributed by atoms with van der Waals surface area (Å²) >= 11 is 5.88. The fraction of sp³-hybridized carbons (Fsp3) is 0.273. The molecule has 1 heterocycles. The minimum absolute atomic E-state index is 0.560. The van der Waals surface area contributed by atoms with Gasteiger partial charge in [-0.25, -0.2) is 0 Å². The quantitative estimate of drug-likeness (QED) is 0.834. The lowest BCUT2D eigenvalue weighted by Crippen LogP contribution is -1.99. The van der Waals surface area contributed by atoms with Crippen molar-refractivity contribution in [1.29, 1.82) is 0 Å². The first-order chi connectivity index (χ1) is 7.72. The Labute approximate surface area is 99.1 Å². The molecule has 0 bridgehead atoms. The largest absolute Gasteiger partial charge is 0.398 e. The van der Waals surface area contributed by atoms with E-state index in [2.05, 4.69) is 17.1 Å². The molecular weight excluding hydrogens is 224 g/mol. The van der Waals surface area contributed by atoms with Crippen molar-refractivity contribution in [1.82, 2.24) is 14.8 Å². The number of hydrogen-bond donors (Lipinski definition) is 1. The first-order valence-corrected chi connectivity index (χ1v) is 5.53. The van der Waals surface area contributed by atoms with Gasteiger partial charge in [0.15, 0.2) is 5.82 Å². The molecule has 0 aliphatic heterocycles. The van der Waals surface area contributed by atoms with Crippen molar-refractivity contribution in [2.75, 3.05) is 5.73 Å². The Bertz CT molecular complexity index is 492. The highest BCUT2D eigenvalue weighted by Crippen LogP contribution is 2.25. The van der Waals surface area contributed by atoms with Gasteiger partial charge in [0, 0.05) is 12.1 Å². The van der Waals surface area contributed by atoms with Crippen molar-refractivity contribution in [2.45, 2.75) is 19.9 Å². The van der Waals surface area contributed by atoms with Gasteiger partial charge in [-0.05, 0) is 24.6 Å². The van der Waals surface area contributed by atoms with Gasteiger partial charge in [0.05, 0.1) is 10.7 Å². The third-order valence-corrected chi connectivity index (χ3v) is 2.68. The number of rotatable bonds is 3. The SMILES string of the molecule is CCCn1cnnc1-c1ccc(Cl)c(N)c1. The van der Waals surface area contributed by atoms with Crippen LogP contribution in [0.5, 0.6) is 0 Å². The molecular formula is C11H13ClN4. The molecule has 2 rings (SSSR count). The molecule has 0 saturated heterocycles. The highest BCUT2D eigenvalue weighted by atomic mass is 35.5. The predicted octanol–water partition coefficient (Wildman–Crippen LogP) is 2.59. The van der Waals surface area contributed by atoms with E-state index in [0.29, 0.717) is 10.7 Å². The second-order valence-electron chi connectivity index (χ2n) is 3.58. The summed E-state index contributed by atoms with van der Waals surface area (Å²) in [7, 11) is 0. The number of nitrogens with zero attached hydrogens (tertiary/aromatic N) is 3. The number of anilines is 1. The van der Waals surface area contributed by atoms with Crippen LogP contribution in [0.25, 0.3) is 11.4 Å². The Balaban J connectivity index is 2.42. The van der Waals surface area contributed by atoms with E-state index in [0.717, 1.165) is 24.4 Å². The number of hydrogen-bond acceptors (Lipinski definition) is 3. The van der Waals surface area contributed by atoms with E-state index in [1.807, 2.05) is 16.7 Å². The van der Waals surface area contributed by atoms with Crippen LogP contribution in [0.3, 0.4) is 0 Å². The Hall–Kier alpha value is -1.55. The van der Waals surface area contributed by atoms with E-state index in [9.17, 15) is 0 Å². The molecule has 2 aromatic rings. The van der Waals surface area contributed by atoms with E-state index >= 15 is 0 Å². The van der Waals surface area contributed by atoms with Crippen LogP contribution in [-0.2, 0) is 6.54 Å². The van der Waals surface area contributed by atoms with Gasteiger partial charge in [0.2, 0.25) is 0 Å². The predicted molar refractivity (Wildman–Crippen MR) is 65.2 cm³/mol. The molecule has 84 valence electrons. The zero-order valence-electron chi connectivity index (χ0n) is 9.02. The normalized spacial score (nSPS) is 10.6. The van der Waals surface area contributed by atoms with Gasteiger partial charge in [0.25, 0.3) is 0 Å². The summed E-state index contributed by atoms with van der Waals surface area (Å²) < 4.78 is 2.00. The van der Waals surface area contributed by atoms with Crippen LogP contribution in [0.15, 0.2) is 24.5 Å². The van der Waals surface area contributed by atoms with Crippen molar-refractivity contribution < 1.29 is 0 Å². The van der Waals surface area contributed by atoms with Crippen LogP contribution in [-0.4, -0.2) is 14.8 Å². The van der Waals surface area contributed by atoms with Crippen LogP contribution in [0.1, 0.15) is 13.3 Å². The molecule has 0 radical (unpaired) electrons. The van der Waals surface area contributed by atoms with Gasteiger partial charge in [-0.15, -0.1) is 10.2 Å². The molecule has 0 spiro atoms. The summed E-state index contributed by atoms with van der Waals surface area (Å²) in [6.07, 6.45) is 2.76. The molecule has 0 unspecified atom stereocenters. The second kappa shape index (κ2) is 4.53. The molecule has 0 fully saturated rings. The van der Waals surface area contributed by atoms with Gasteiger partial charge >= 0.3 is 0 Å². The smallest absolute Gasteiger partial charge is 0.163 e. The Morgan fingerprint density at radius 3 is 2.94 bits per heavy atom. The minimum atomic E-state index is 0.560. The van der Waals surface area contributed by atoms with Crippen molar-refractivity contribution >= 4 is 17.3 Å². The van der Waals surface area contributed by atoms with Gasteiger partial charge in [-0.1, -0.05) is 18.5 Å². The summed E-state index contributed by atoms with van der Waals surface area (Å²) in [5.74, 6) is 0.824. The third-order valence-electron chi connectivity index (χ3n) is 2.33. The number of nitrogens with two attached hydrogens (primary N) is 1. The van der Waals surface area contributed by atoms with Gasteiger partial charge in [0.1, 0.15) is 6.33 Å². The number of aryl methyl sites for hydroxylation is 1. The lowest BCUT2D eigenvalue weighted by atomic mass is 10.2. The average Bonchev–Trinajstić information content (AvgIpc) is 2.71. The third kappa shape index (κ3) is 2.02. The fourth-order valence-electron chi connectivity index (χ4n) is 1.57. The van der Waals surface area contributed by atoms with E-state index in [1.165, 1.54) is 0 Å². The molecule has 1 aromatic carbocycles. The lowest BCUT2D eigenvalue weighted by Gasteiger charge is -2.06. The first kappa shape index (κ1) is 11.0. The molecule has 0 saturated carbocycles. The van der Waals surface area contributed by atoms with Gasteiger partial charge in [-0.2, -0.15) is 0 Å². The summed E-state index contributed by atoms with van der Waals surface area (Å²) in [5, 5.41) is 8.56. The first-order valence-electron chi connectivity index (χ1n) is 5.15. The maximum Gasteiger partial charge on any atom is 0.163 e. The maximum atomic E-state index is 5.88. The fourth-order valence-corrected chi connectivity index (χ4v) is 1.68. The van der Waals surface area contributed by atoms with Crippen LogP contribution in [0.2, 0.25) is 5.02 Å². The topological polar surface area (TPSA) is 56.7 Å². The minimum Gasteiger partial charge on any atom is -0.398 e. The second-order valence-corrected chi connectivity index (χ2v) is 3.99. The molecule has 0 aliphatic carbocycles. The highest BCUT2D eigenvalue weighted by Gasteiger charge is 2.07. The number of nitrogen functional groups attached to an aromatic ring is 1. The van der Waals surface area contributed by atoms with Crippen LogP contribution >= 0.6 is 11.6 Å². The zero-order valence-corrected chi connectivity index (χ0v) is 9.78. The summed E-state index contributed by atoms with van der Waals surface area (Å²) in [6, 6.07) is 5.49. The molecule has 0 atom stereocenters. The molecule has 1 aromatic heterocycles. The molecule has 0 amide bonds. The van der Waals surface area contributed by atoms with Crippen molar-refractivity contribution in [3.63, 3.8) is 0 Å².